The van der Waals surface area contributed by atoms with Crippen LogP contribution in [0, 0.1) is 5.92 Å². The van der Waals surface area contributed by atoms with Crippen molar-refractivity contribution < 1.29 is 0 Å². The number of rotatable bonds is 6. The van der Waals surface area contributed by atoms with Gasteiger partial charge in [-0.25, -0.2) is 0 Å². The molecule has 0 atom stereocenters. The van der Waals surface area contributed by atoms with Crippen molar-refractivity contribution in [2.24, 2.45) is 5.92 Å². The minimum absolute atomic E-state index is 0.835. The third-order valence-electron chi connectivity index (χ3n) is 4.11. The standard InChI is InChI=1S/C17H29N3/c1-15(2)4-3-9-19-10-12-20(13-11-19)14-16-5-7-17(18)8-6-16/h5-8,15H,3-4,9-14,18H2,1-2H3. The second-order valence-corrected chi connectivity index (χ2v) is 6.40. The first-order chi connectivity index (χ1) is 9.63. The first kappa shape index (κ1) is 15.3. The summed E-state index contributed by atoms with van der Waals surface area (Å²) in [6.45, 7) is 11.8. The Morgan fingerprint density at radius 1 is 1.00 bits per heavy atom. The van der Waals surface area contributed by atoms with Gasteiger partial charge in [-0.1, -0.05) is 26.0 Å². The molecule has 3 nitrogen and oxygen atoms in total. The van der Waals surface area contributed by atoms with Crippen LogP contribution in [0.15, 0.2) is 24.3 Å². The first-order valence-electron chi connectivity index (χ1n) is 7.92. The van der Waals surface area contributed by atoms with Crippen molar-refractivity contribution >= 4 is 5.69 Å². The summed E-state index contributed by atoms with van der Waals surface area (Å²) in [5.74, 6) is 0.835. The molecule has 112 valence electrons. The summed E-state index contributed by atoms with van der Waals surface area (Å²) < 4.78 is 0. The van der Waals surface area contributed by atoms with Crippen LogP contribution in [0.3, 0.4) is 0 Å². The van der Waals surface area contributed by atoms with E-state index in [0.717, 1.165) is 18.2 Å². The Kier molecular flexibility index (Phi) is 5.86. The van der Waals surface area contributed by atoms with Gasteiger partial charge in [-0.15, -0.1) is 0 Å². The maximum atomic E-state index is 5.73. The Labute approximate surface area is 123 Å². The van der Waals surface area contributed by atoms with Crippen molar-refractivity contribution in [3.63, 3.8) is 0 Å². The van der Waals surface area contributed by atoms with Gasteiger partial charge in [0, 0.05) is 38.4 Å². The molecular weight excluding hydrogens is 246 g/mol. The van der Waals surface area contributed by atoms with Crippen LogP contribution in [0.1, 0.15) is 32.3 Å². The lowest BCUT2D eigenvalue weighted by Gasteiger charge is -2.34. The molecule has 0 aromatic heterocycles. The molecule has 0 saturated carbocycles. The highest BCUT2D eigenvalue weighted by atomic mass is 15.3. The fourth-order valence-corrected chi connectivity index (χ4v) is 2.78. The molecule has 1 heterocycles. The summed E-state index contributed by atoms with van der Waals surface area (Å²) in [6.07, 6.45) is 2.70. The van der Waals surface area contributed by atoms with Gasteiger partial charge in [0.25, 0.3) is 0 Å². The third-order valence-corrected chi connectivity index (χ3v) is 4.11. The van der Waals surface area contributed by atoms with Crippen molar-refractivity contribution in [3.8, 4) is 0 Å². The van der Waals surface area contributed by atoms with Crippen LogP contribution in [-0.4, -0.2) is 42.5 Å². The summed E-state index contributed by atoms with van der Waals surface area (Å²) in [4.78, 5) is 5.16. The van der Waals surface area contributed by atoms with Gasteiger partial charge in [0.05, 0.1) is 0 Å². The number of nitrogens with zero attached hydrogens (tertiary/aromatic N) is 2. The zero-order chi connectivity index (χ0) is 14.4. The van der Waals surface area contributed by atoms with Crippen LogP contribution in [0.4, 0.5) is 5.69 Å². The van der Waals surface area contributed by atoms with Gasteiger partial charge in [-0.3, -0.25) is 4.90 Å². The van der Waals surface area contributed by atoms with Gasteiger partial charge < -0.3 is 10.6 Å². The molecule has 2 N–H and O–H groups in total. The molecular formula is C17H29N3. The predicted molar refractivity (Wildman–Crippen MR) is 86.6 cm³/mol. The van der Waals surface area contributed by atoms with Crippen molar-refractivity contribution in [1.82, 2.24) is 9.80 Å². The number of nitrogen functional groups attached to an aromatic ring is 1. The van der Waals surface area contributed by atoms with Crippen molar-refractivity contribution in [3.05, 3.63) is 29.8 Å². The SMILES string of the molecule is CC(C)CCCN1CCN(Cc2ccc(N)cc2)CC1. The van der Waals surface area contributed by atoms with Crippen LogP contribution in [0.25, 0.3) is 0 Å². The van der Waals surface area contributed by atoms with E-state index in [1.165, 1.54) is 51.1 Å². The molecule has 1 aromatic rings. The average molecular weight is 275 g/mol. The Balaban J connectivity index is 1.67. The smallest absolute Gasteiger partial charge is 0.0314 e. The average Bonchev–Trinajstić information content (AvgIpc) is 2.43. The van der Waals surface area contributed by atoms with Crippen LogP contribution in [0.5, 0.6) is 0 Å². The molecule has 2 rings (SSSR count). The van der Waals surface area contributed by atoms with E-state index in [9.17, 15) is 0 Å². The van der Waals surface area contributed by atoms with E-state index in [-0.39, 0.29) is 0 Å². The number of piperazine rings is 1. The highest BCUT2D eigenvalue weighted by Gasteiger charge is 2.16. The topological polar surface area (TPSA) is 32.5 Å². The van der Waals surface area contributed by atoms with E-state index in [1.807, 2.05) is 12.1 Å². The third kappa shape index (κ3) is 5.14. The van der Waals surface area contributed by atoms with Gasteiger partial charge in [-0.2, -0.15) is 0 Å². The van der Waals surface area contributed by atoms with Gasteiger partial charge in [0.2, 0.25) is 0 Å². The van der Waals surface area contributed by atoms with Gasteiger partial charge in [0.1, 0.15) is 0 Å². The molecule has 1 fully saturated rings. The number of hydrogen-bond donors (Lipinski definition) is 1. The van der Waals surface area contributed by atoms with E-state index >= 15 is 0 Å². The number of benzene rings is 1. The molecule has 20 heavy (non-hydrogen) atoms. The number of nitrogens with two attached hydrogens (primary N) is 1. The molecule has 0 amide bonds. The fourth-order valence-electron chi connectivity index (χ4n) is 2.78. The Morgan fingerprint density at radius 3 is 2.20 bits per heavy atom. The summed E-state index contributed by atoms with van der Waals surface area (Å²) in [6, 6.07) is 8.28. The zero-order valence-corrected chi connectivity index (χ0v) is 13.0. The molecule has 1 aromatic carbocycles. The first-order valence-corrected chi connectivity index (χ1v) is 7.92. The van der Waals surface area contributed by atoms with Crippen LogP contribution >= 0.6 is 0 Å². The normalized spacial score (nSPS) is 17.8. The van der Waals surface area contributed by atoms with E-state index < -0.39 is 0 Å². The van der Waals surface area contributed by atoms with Crippen LogP contribution in [0.2, 0.25) is 0 Å². The highest BCUT2D eigenvalue weighted by Crippen LogP contribution is 2.12. The predicted octanol–water partition coefficient (Wildman–Crippen LogP) is 2.82. The molecule has 1 aliphatic heterocycles. The Bertz CT molecular complexity index is 378. The van der Waals surface area contributed by atoms with E-state index in [4.69, 9.17) is 5.73 Å². The molecule has 0 spiro atoms. The van der Waals surface area contributed by atoms with Crippen LogP contribution in [-0.2, 0) is 6.54 Å². The minimum Gasteiger partial charge on any atom is -0.399 e. The van der Waals surface area contributed by atoms with Gasteiger partial charge >= 0.3 is 0 Å². The number of anilines is 1. The number of hydrogen-bond acceptors (Lipinski definition) is 3. The second kappa shape index (κ2) is 7.65. The van der Waals surface area contributed by atoms with Crippen LogP contribution < -0.4 is 5.73 Å². The lowest BCUT2D eigenvalue weighted by Crippen LogP contribution is -2.46. The van der Waals surface area contributed by atoms with Crippen molar-refractivity contribution in [2.45, 2.75) is 33.2 Å². The van der Waals surface area contributed by atoms with Crippen molar-refractivity contribution in [1.29, 1.82) is 0 Å². The maximum absolute atomic E-state index is 5.73. The molecule has 3 heteroatoms. The summed E-state index contributed by atoms with van der Waals surface area (Å²) in [7, 11) is 0. The molecule has 0 bridgehead atoms. The molecule has 0 radical (unpaired) electrons. The molecule has 0 unspecified atom stereocenters. The quantitative estimate of drug-likeness (QED) is 0.810. The molecule has 0 aliphatic carbocycles. The molecule has 1 saturated heterocycles. The van der Waals surface area contributed by atoms with Gasteiger partial charge in [0.15, 0.2) is 0 Å². The lowest BCUT2D eigenvalue weighted by molar-refractivity contribution is 0.125. The fraction of sp³-hybridized carbons (Fsp3) is 0.647. The minimum atomic E-state index is 0.835. The van der Waals surface area contributed by atoms with E-state index in [2.05, 4.69) is 35.8 Å². The second-order valence-electron chi connectivity index (χ2n) is 6.40. The Morgan fingerprint density at radius 2 is 1.60 bits per heavy atom. The lowest BCUT2D eigenvalue weighted by atomic mass is 10.1. The largest absolute Gasteiger partial charge is 0.399 e. The Hall–Kier alpha value is -1.06. The summed E-state index contributed by atoms with van der Waals surface area (Å²) in [5, 5.41) is 0. The van der Waals surface area contributed by atoms with Crippen molar-refractivity contribution in [2.75, 3.05) is 38.5 Å². The monoisotopic (exact) mass is 275 g/mol. The highest BCUT2D eigenvalue weighted by molar-refractivity contribution is 5.39. The summed E-state index contributed by atoms with van der Waals surface area (Å²) >= 11 is 0. The molecule has 1 aliphatic rings. The zero-order valence-electron chi connectivity index (χ0n) is 13.0. The van der Waals surface area contributed by atoms with Gasteiger partial charge in [-0.05, 0) is 43.0 Å². The summed E-state index contributed by atoms with van der Waals surface area (Å²) in [5.41, 5.74) is 7.94. The van der Waals surface area contributed by atoms with E-state index in [0.29, 0.717) is 0 Å². The van der Waals surface area contributed by atoms with E-state index in [1.54, 1.807) is 0 Å². The maximum Gasteiger partial charge on any atom is 0.0314 e.